The molecule has 0 aliphatic carbocycles. The van der Waals surface area contributed by atoms with Crippen molar-refractivity contribution in [3.63, 3.8) is 0 Å². The molecule has 1 atom stereocenters. The Bertz CT molecular complexity index is 533. The monoisotopic (exact) mass is 332 g/mol. The highest BCUT2D eigenvalue weighted by Crippen LogP contribution is 2.25. The van der Waals surface area contributed by atoms with E-state index in [1.54, 1.807) is 0 Å². The molecule has 0 bridgehead atoms. The summed E-state index contributed by atoms with van der Waals surface area (Å²) in [6.07, 6.45) is 0. The summed E-state index contributed by atoms with van der Waals surface area (Å²) in [4.78, 5) is 32.3. The normalized spacial score (nSPS) is 11.7. The lowest BCUT2D eigenvalue weighted by Gasteiger charge is -2.11. The van der Waals surface area contributed by atoms with Crippen molar-refractivity contribution in [2.45, 2.75) is 6.04 Å². The van der Waals surface area contributed by atoms with E-state index in [1.165, 1.54) is 12.1 Å². The molecule has 9 heteroatoms. The molecule has 1 amide bonds. The molecule has 0 aliphatic heterocycles. The summed E-state index contributed by atoms with van der Waals surface area (Å²) >= 11 is 2.96. The van der Waals surface area contributed by atoms with Crippen LogP contribution in [0.5, 0.6) is 0 Å². The number of nitrogens with one attached hydrogen (secondary N) is 1. The predicted molar refractivity (Wildman–Crippen MR) is 66.8 cm³/mol. The van der Waals surface area contributed by atoms with Crippen molar-refractivity contribution in [2.24, 2.45) is 0 Å². The number of nitro groups is 1. The van der Waals surface area contributed by atoms with Crippen LogP contribution in [0.2, 0.25) is 0 Å². The number of amides is 1. The molecule has 0 aromatic heterocycles. The molecule has 1 aromatic rings. The number of aliphatic hydroxyl groups excluding tert-OH is 1. The number of hydrogen-bond donors (Lipinski definition) is 3. The van der Waals surface area contributed by atoms with Crippen LogP contribution in [0.25, 0.3) is 0 Å². The number of carbonyl (C=O) groups excluding carboxylic acids is 1. The van der Waals surface area contributed by atoms with Crippen molar-refractivity contribution in [3.8, 4) is 0 Å². The molecular formula is C10H9BrN2O6. The zero-order valence-corrected chi connectivity index (χ0v) is 11.0. The van der Waals surface area contributed by atoms with Crippen molar-refractivity contribution in [1.82, 2.24) is 5.32 Å². The Hall–Kier alpha value is -2.00. The van der Waals surface area contributed by atoms with E-state index >= 15 is 0 Å². The molecule has 0 aliphatic rings. The standard InChI is InChI=1S/C10H9BrN2O6/c11-6-2-1-5(3-8(6)13(18)19)9(15)12-7(4-14)10(16)17/h1-3,7,14H,4H2,(H,12,15)(H,16,17)/t7-/m0/s1. The van der Waals surface area contributed by atoms with E-state index in [9.17, 15) is 19.7 Å². The van der Waals surface area contributed by atoms with Gasteiger partial charge in [-0.2, -0.15) is 0 Å². The van der Waals surface area contributed by atoms with E-state index in [2.05, 4.69) is 15.9 Å². The number of halogens is 1. The third-order valence-electron chi connectivity index (χ3n) is 2.19. The Morgan fingerprint density at radius 2 is 2.11 bits per heavy atom. The molecule has 1 aromatic carbocycles. The third kappa shape index (κ3) is 3.73. The topological polar surface area (TPSA) is 130 Å². The van der Waals surface area contributed by atoms with Gasteiger partial charge in [-0.1, -0.05) is 0 Å². The Morgan fingerprint density at radius 1 is 1.47 bits per heavy atom. The average molecular weight is 333 g/mol. The highest BCUT2D eigenvalue weighted by atomic mass is 79.9. The molecule has 1 rings (SSSR count). The smallest absolute Gasteiger partial charge is 0.328 e. The van der Waals surface area contributed by atoms with Crippen LogP contribution in [0.1, 0.15) is 10.4 Å². The zero-order valence-electron chi connectivity index (χ0n) is 9.37. The largest absolute Gasteiger partial charge is 0.480 e. The van der Waals surface area contributed by atoms with Gasteiger partial charge in [0, 0.05) is 11.6 Å². The summed E-state index contributed by atoms with van der Waals surface area (Å²) in [5, 5.41) is 30.2. The van der Waals surface area contributed by atoms with Crippen LogP contribution >= 0.6 is 15.9 Å². The zero-order chi connectivity index (χ0) is 14.6. The maximum Gasteiger partial charge on any atom is 0.328 e. The number of aliphatic carboxylic acids is 1. The fourth-order valence-electron chi connectivity index (χ4n) is 1.22. The number of carboxylic acids is 1. The van der Waals surface area contributed by atoms with Crippen LogP contribution in [0.3, 0.4) is 0 Å². The molecule has 8 nitrogen and oxygen atoms in total. The summed E-state index contributed by atoms with van der Waals surface area (Å²) in [5.74, 6) is -2.22. The Balaban J connectivity index is 2.97. The van der Waals surface area contributed by atoms with Crippen molar-refractivity contribution in [1.29, 1.82) is 0 Å². The van der Waals surface area contributed by atoms with Gasteiger partial charge in [-0.15, -0.1) is 0 Å². The Kier molecular flexibility index (Phi) is 4.95. The lowest BCUT2D eigenvalue weighted by Crippen LogP contribution is -2.43. The first kappa shape index (κ1) is 15.1. The number of carbonyl (C=O) groups is 2. The van der Waals surface area contributed by atoms with E-state index in [-0.39, 0.29) is 15.7 Å². The van der Waals surface area contributed by atoms with Crippen LogP contribution in [0.15, 0.2) is 22.7 Å². The molecule has 0 spiro atoms. The van der Waals surface area contributed by atoms with Gasteiger partial charge in [0.15, 0.2) is 6.04 Å². The number of carboxylic acid groups (broad SMARTS) is 1. The van der Waals surface area contributed by atoms with Gasteiger partial charge in [-0.3, -0.25) is 14.9 Å². The van der Waals surface area contributed by atoms with Crippen molar-refractivity contribution in [2.75, 3.05) is 6.61 Å². The Morgan fingerprint density at radius 3 is 2.58 bits per heavy atom. The van der Waals surface area contributed by atoms with E-state index < -0.39 is 29.4 Å². The molecule has 0 fully saturated rings. The SMILES string of the molecule is O=C(N[C@@H](CO)C(=O)O)c1ccc(Br)c([N+](=O)[O-])c1. The first-order valence-electron chi connectivity index (χ1n) is 4.95. The van der Waals surface area contributed by atoms with Crippen LogP contribution in [0, 0.1) is 10.1 Å². The summed E-state index contributed by atoms with van der Waals surface area (Å²) in [5.41, 5.74) is -0.391. The molecule has 0 saturated carbocycles. The van der Waals surface area contributed by atoms with Crippen LogP contribution < -0.4 is 5.32 Å². The lowest BCUT2D eigenvalue weighted by atomic mass is 10.1. The van der Waals surface area contributed by atoms with Crippen molar-refractivity contribution in [3.05, 3.63) is 38.3 Å². The van der Waals surface area contributed by atoms with Crippen molar-refractivity contribution >= 4 is 33.5 Å². The number of nitrogens with zero attached hydrogens (tertiary/aromatic N) is 1. The molecule has 0 heterocycles. The summed E-state index contributed by atoms with van der Waals surface area (Å²) in [7, 11) is 0. The predicted octanol–water partition coefficient (Wildman–Crippen LogP) is 0.533. The van der Waals surface area contributed by atoms with Gasteiger partial charge in [0.25, 0.3) is 11.6 Å². The van der Waals surface area contributed by atoms with Crippen LogP contribution in [-0.2, 0) is 4.79 Å². The van der Waals surface area contributed by atoms with Gasteiger partial charge in [-0.05, 0) is 28.1 Å². The van der Waals surface area contributed by atoms with Gasteiger partial charge >= 0.3 is 5.97 Å². The molecule has 0 saturated heterocycles. The molecule has 3 N–H and O–H groups in total. The molecule has 0 radical (unpaired) electrons. The molecule has 102 valence electrons. The van der Waals surface area contributed by atoms with E-state index in [4.69, 9.17) is 10.2 Å². The fraction of sp³-hybridized carbons (Fsp3) is 0.200. The van der Waals surface area contributed by atoms with Gasteiger partial charge < -0.3 is 15.5 Å². The minimum atomic E-state index is -1.46. The van der Waals surface area contributed by atoms with E-state index in [0.717, 1.165) is 6.07 Å². The first-order valence-corrected chi connectivity index (χ1v) is 5.74. The van der Waals surface area contributed by atoms with Crippen molar-refractivity contribution < 1.29 is 24.7 Å². The summed E-state index contributed by atoms with van der Waals surface area (Å²) in [6, 6.07) is 2.15. The summed E-state index contributed by atoms with van der Waals surface area (Å²) < 4.78 is 0.200. The van der Waals surface area contributed by atoms with Gasteiger partial charge in [0.1, 0.15) is 0 Å². The van der Waals surface area contributed by atoms with E-state index in [1.807, 2.05) is 5.32 Å². The maximum atomic E-state index is 11.7. The highest BCUT2D eigenvalue weighted by Gasteiger charge is 2.21. The second-order valence-corrected chi connectivity index (χ2v) is 4.32. The number of rotatable bonds is 5. The van der Waals surface area contributed by atoms with Crippen LogP contribution in [-0.4, -0.2) is 39.7 Å². The first-order chi connectivity index (χ1) is 8.86. The van der Waals surface area contributed by atoms with Gasteiger partial charge in [0.05, 0.1) is 16.0 Å². The maximum absolute atomic E-state index is 11.7. The number of aliphatic hydroxyl groups is 1. The second kappa shape index (κ2) is 6.25. The Labute approximate surface area is 115 Å². The van der Waals surface area contributed by atoms with Crippen LogP contribution in [0.4, 0.5) is 5.69 Å². The number of benzene rings is 1. The number of nitro benzene ring substituents is 1. The third-order valence-corrected chi connectivity index (χ3v) is 2.86. The minimum absolute atomic E-state index is 0.0744. The molecule has 0 unspecified atom stereocenters. The van der Waals surface area contributed by atoms with Gasteiger partial charge in [-0.25, -0.2) is 4.79 Å². The lowest BCUT2D eigenvalue weighted by molar-refractivity contribution is -0.385. The highest BCUT2D eigenvalue weighted by molar-refractivity contribution is 9.10. The fourth-order valence-corrected chi connectivity index (χ4v) is 1.61. The van der Waals surface area contributed by atoms with Gasteiger partial charge in [0.2, 0.25) is 0 Å². The van der Waals surface area contributed by atoms with E-state index in [0.29, 0.717) is 0 Å². The second-order valence-electron chi connectivity index (χ2n) is 3.47. The summed E-state index contributed by atoms with van der Waals surface area (Å²) in [6.45, 7) is -0.778. The minimum Gasteiger partial charge on any atom is -0.480 e. The average Bonchev–Trinajstić information content (AvgIpc) is 2.35. The quantitative estimate of drug-likeness (QED) is 0.532. The molecular weight excluding hydrogens is 324 g/mol. The molecule has 19 heavy (non-hydrogen) atoms. The number of hydrogen-bond acceptors (Lipinski definition) is 5.